The highest BCUT2D eigenvalue weighted by Crippen LogP contribution is 2.25. The maximum absolute atomic E-state index is 12.3. The number of carbonyl (C=O) groups excluding carboxylic acids is 1. The Morgan fingerprint density at radius 2 is 1.88 bits per heavy atom. The van der Waals surface area contributed by atoms with Gasteiger partial charge in [0, 0.05) is 17.4 Å². The largest absolute Gasteiger partial charge is 0.497 e. The number of benzene rings is 2. The zero-order valence-electron chi connectivity index (χ0n) is 14.1. The molecular weight excluding hydrogens is 318 g/mol. The Labute approximate surface area is 145 Å². The third-order valence-corrected chi connectivity index (χ3v) is 3.82. The summed E-state index contributed by atoms with van der Waals surface area (Å²) in [6.07, 6.45) is 1.90. The van der Waals surface area contributed by atoms with Gasteiger partial charge in [-0.25, -0.2) is 0 Å². The number of nitrogens with zero attached hydrogens (tertiary/aromatic N) is 1. The second-order valence-electron chi connectivity index (χ2n) is 5.45. The van der Waals surface area contributed by atoms with Crippen LogP contribution in [-0.4, -0.2) is 30.3 Å². The highest BCUT2D eigenvalue weighted by molar-refractivity contribution is 5.92. The number of methoxy groups -OCH3 is 2. The predicted molar refractivity (Wildman–Crippen MR) is 95.9 cm³/mol. The van der Waals surface area contributed by atoms with Gasteiger partial charge in [-0.1, -0.05) is 12.1 Å². The molecule has 3 aromatic rings. The SMILES string of the molecule is COc1ccc(OC)c(CC(=O)Nc2ccc(-c3ccn[nH]3)cc2)c1. The van der Waals surface area contributed by atoms with Crippen molar-refractivity contribution in [3.63, 3.8) is 0 Å². The number of aromatic nitrogens is 2. The molecule has 0 saturated heterocycles. The summed E-state index contributed by atoms with van der Waals surface area (Å²) in [5.74, 6) is 1.22. The highest BCUT2D eigenvalue weighted by atomic mass is 16.5. The molecule has 0 atom stereocenters. The first-order valence-corrected chi connectivity index (χ1v) is 7.80. The number of hydrogen-bond donors (Lipinski definition) is 2. The Hall–Kier alpha value is -3.28. The summed E-state index contributed by atoms with van der Waals surface area (Å²) in [5.41, 5.74) is 3.44. The summed E-state index contributed by atoms with van der Waals surface area (Å²) in [4.78, 5) is 12.3. The molecule has 6 heteroatoms. The van der Waals surface area contributed by atoms with E-state index in [9.17, 15) is 4.79 Å². The van der Waals surface area contributed by atoms with Gasteiger partial charge in [0.1, 0.15) is 11.5 Å². The summed E-state index contributed by atoms with van der Waals surface area (Å²) in [7, 11) is 3.17. The molecule has 0 fully saturated rings. The van der Waals surface area contributed by atoms with Crippen molar-refractivity contribution in [3.05, 3.63) is 60.3 Å². The Balaban J connectivity index is 1.68. The highest BCUT2D eigenvalue weighted by Gasteiger charge is 2.11. The molecule has 0 unspecified atom stereocenters. The number of amides is 1. The van der Waals surface area contributed by atoms with Crippen molar-refractivity contribution in [1.82, 2.24) is 10.2 Å². The number of hydrogen-bond acceptors (Lipinski definition) is 4. The van der Waals surface area contributed by atoms with Gasteiger partial charge >= 0.3 is 0 Å². The molecule has 6 nitrogen and oxygen atoms in total. The van der Waals surface area contributed by atoms with Crippen molar-refractivity contribution in [1.29, 1.82) is 0 Å². The minimum atomic E-state index is -0.124. The van der Waals surface area contributed by atoms with Crippen LogP contribution in [0.15, 0.2) is 54.7 Å². The van der Waals surface area contributed by atoms with E-state index in [-0.39, 0.29) is 12.3 Å². The van der Waals surface area contributed by atoms with Crippen LogP contribution in [0.4, 0.5) is 5.69 Å². The summed E-state index contributed by atoms with van der Waals surface area (Å²) in [6.45, 7) is 0. The van der Waals surface area contributed by atoms with Crippen molar-refractivity contribution >= 4 is 11.6 Å². The molecule has 0 aliphatic rings. The van der Waals surface area contributed by atoms with Crippen LogP contribution in [0.1, 0.15) is 5.56 Å². The Bertz CT molecular complexity index is 843. The van der Waals surface area contributed by atoms with Crippen molar-refractivity contribution in [3.8, 4) is 22.8 Å². The van der Waals surface area contributed by atoms with Gasteiger partial charge in [-0.05, 0) is 42.0 Å². The van der Waals surface area contributed by atoms with E-state index in [0.717, 1.165) is 22.5 Å². The number of H-pyrrole nitrogens is 1. The maximum Gasteiger partial charge on any atom is 0.228 e. The summed E-state index contributed by atoms with van der Waals surface area (Å²) in [6, 6.07) is 14.9. The normalized spacial score (nSPS) is 10.3. The first kappa shape index (κ1) is 16.6. The number of anilines is 1. The van der Waals surface area contributed by atoms with Crippen molar-refractivity contribution in [2.24, 2.45) is 0 Å². The number of nitrogens with one attached hydrogen (secondary N) is 2. The van der Waals surface area contributed by atoms with E-state index in [1.165, 1.54) is 0 Å². The molecule has 0 aliphatic carbocycles. The topological polar surface area (TPSA) is 76.2 Å². The Kier molecular flexibility index (Phi) is 4.99. The van der Waals surface area contributed by atoms with Crippen LogP contribution in [0.2, 0.25) is 0 Å². The lowest BCUT2D eigenvalue weighted by atomic mass is 10.1. The number of carbonyl (C=O) groups is 1. The molecule has 2 N–H and O–H groups in total. The van der Waals surface area contributed by atoms with Gasteiger partial charge in [-0.3, -0.25) is 9.89 Å². The molecule has 25 heavy (non-hydrogen) atoms. The van der Waals surface area contributed by atoms with E-state index in [0.29, 0.717) is 11.5 Å². The van der Waals surface area contributed by atoms with Crippen LogP contribution >= 0.6 is 0 Å². The van der Waals surface area contributed by atoms with Crippen LogP contribution in [-0.2, 0) is 11.2 Å². The second-order valence-corrected chi connectivity index (χ2v) is 5.45. The minimum absolute atomic E-state index is 0.124. The zero-order valence-corrected chi connectivity index (χ0v) is 14.1. The monoisotopic (exact) mass is 337 g/mol. The molecule has 0 radical (unpaired) electrons. The van der Waals surface area contributed by atoms with E-state index in [4.69, 9.17) is 9.47 Å². The van der Waals surface area contributed by atoms with E-state index < -0.39 is 0 Å². The number of rotatable bonds is 6. The molecular formula is C19H19N3O3. The molecule has 2 aromatic carbocycles. The van der Waals surface area contributed by atoms with Crippen LogP contribution < -0.4 is 14.8 Å². The second kappa shape index (κ2) is 7.53. The molecule has 3 rings (SSSR count). The van der Waals surface area contributed by atoms with Crippen LogP contribution in [0.5, 0.6) is 11.5 Å². The zero-order chi connectivity index (χ0) is 17.6. The molecule has 0 aliphatic heterocycles. The molecule has 0 saturated carbocycles. The van der Waals surface area contributed by atoms with E-state index in [1.54, 1.807) is 38.6 Å². The number of ether oxygens (including phenoxy) is 2. The lowest BCUT2D eigenvalue weighted by Gasteiger charge is -2.11. The van der Waals surface area contributed by atoms with Crippen LogP contribution in [0, 0.1) is 0 Å². The lowest BCUT2D eigenvalue weighted by Crippen LogP contribution is -2.15. The lowest BCUT2D eigenvalue weighted by molar-refractivity contribution is -0.115. The van der Waals surface area contributed by atoms with Gasteiger partial charge < -0.3 is 14.8 Å². The first-order valence-electron chi connectivity index (χ1n) is 7.80. The standard InChI is InChI=1S/C19H19N3O3/c1-24-16-7-8-18(25-2)14(11-16)12-19(23)21-15-5-3-13(4-6-15)17-9-10-20-22-17/h3-11H,12H2,1-2H3,(H,20,22)(H,21,23). The third-order valence-electron chi connectivity index (χ3n) is 3.82. The van der Waals surface area contributed by atoms with Crippen molar-refractivity contribution in [2.45, 2.75) is 6.42 Å². The fourth-order valence-electron chi connectivity index (χ4n) is 2.55. The predicted octanol–water partition coefficient (Wildman–Crippen LogP) is 3.28. The average molecular weight is 337 g/mol. The van der Waals surface area contributed by atoms with Gasteiger partial charge in [0.2, 0.25) is 5.91 Å². The molecule has 1 aromatic heterocycles. The Morgan fingerprint density at radius 1 is 1.08 bits per heavy atom. The van der Waals surface area contributed by atoms with E-state index in [2.05, 4.69) is 15.5 Å². The van der Waals surface area contributed by atoms with Gasteiger partial charge in [-0.2, -0.15) is 5.10 Å². The maximum atomic E-state index is 12.3. The van der Waals surface area contributed by atoms with Gasteiger partial charge in [0.15, 0.2) is 0 Å². The summed E-state index contributed by atoms with van der Waals surface area (Å²) in [5, 5.41) is 9.73. The van der Waals surface area contributed by atoms with Gasteiger partial charge in [-0.15, -0.1) is 0 Å². The van der Waals surface area contributed by atoms with Crippen LogP contribution in [0.3, 0.4) is 0 Å². The van der Waals surface area contributed by atoms with Crippen LogP contribution in [0.25, 0.3) is 11.3 Å². The molecule has 0 spiro atoms. The van der Waals surface area contributed by atoms with E-state index in [1.807, 2.05) is 30.3 Å². The Morgan fingerprint density at radius 3 is 2.52 bits per heavy atom. The molecule has 1 amide bonds. The number of aromatic amines is 1. The van der Waals surface area contributed by atoms with Crippen molar-refractivity contribution in [2.75, 3.05) is 19.5 Å². The van der Waals surface area contributed by atoms with Gasteiger partial charge in [0.25, 0.3) is 0 Å². The fraction of sp³-hybridized carbons (Fsp3) is 0.158. The first-order chi connectivity index (χ1) is 12.2. The summed E-state index contributed by atoms with van der Waals surface area (Å²) < 4.78 is 10.5. The molecule has 0 bridgehead atoms. The fourth-order valence-corrected chi connectivity index (χ4v) is 2.55. The minimum Gasteiger partial charge on any atom is -0.497 e. The summed E-state index contributed by atoms with van der Waals surface area (Å²) >= 11 is 0. The molecule has 128 valence electrons. The quantitative estimate of drug-likeness (QED) is 0.724. The third kappa shape index (κ3) is 3.98. The smallest absolute Gasteiger partial charge is 0.228 e. The average Bonchev–Trinajstić information content (AvgIpc) is 3.17. The van der Waals surface area contributed by atoms with Gasteiger partial charge in [0.05, 0.1) is 26.3 Å². The van der Waals surface area contributed by atoms with E-state index >= 15 is 0 Å². The van der Waals surface area contributed by atoms with Crippen molar-refractivity contribution < 1.29 is 14.3 Å². The molecule has 1 heterocycles.